The molecule has 0 saturated heterocycles. The van der Waals surface area contributed by atoms with Gasteiger partial charge in [-0.25, -0.2) is 0 Å². The Kier molecular flexibility index (Phi) is 4.39. The van der Waals surface area contributed by atoms with Crippen LogP contribution in [0.4, 0.5) is 5.69 Å². The van der Waals surface area contributed by atoms with Crippen molar-refractivity contribution in [2.75, 3.05) is 13.2 Å². The van der Waals surface area contributed by atoms with Gasteiger partial charge >= 0.3 is 0 Å². The normalized spacial score (nSPS) is 22.5. The first-order chi connectivity index (χ1) is 10.7. The molecule has 2 aromatic carbocycles. The molecule has 2 heteroatoms. The summed E-state index contributed by atoms with van der Waals surface area (Å²) in [6, 6.07) is 18.9. The number of aryl methyl sites for hydroxylation is 1. The van der Waals surface area contributed by atoms with Gasteiger partial charge in [0, 0.05) is 12.0 Å². The zero-order valence-corrected chi connectivity index (χ0v) is 13.4. The Morgan fingerprint density at radius 2 is 1.77 bits per heavy atom. The maximum atomic E-state index is 5.78. The van der Waals surface area contributed by atoms with Crippen molar-refractivity contribution in [1.29, 1.82) is 0 Å². The molecule has 0 amide bonds. The number of rotatable bonds is 4. The van der Waals surface area contributed by atoms with Gasteiger partial charge in [0.25, 0.3) is 0 Å². The second-order valence-corrected chi connectivity index (χ2v) is 6.15. The minimum atomic E-state index is -0.0276. The van der Waals surface area contributed by atoms with Crippen LogP contribution in [0.2, 0.25) is 0 Å². The molecule has 0 spiro atoms. The molecule has 114 valence electrons. The number of aliphatic imine (C=N–C) groups is 1. The van der Waals surface area contributed by atoms with Crippen molar-refractivity contribution in [3.05, 3.63) is 65.7 Å². The first-order valence-corrected chi connectivity index (χ1v) is 8.03. The number of hydrogen-bond donors (Lipinski definition) is 0. The van der Waals surface area contributed by atoms with E-state index in [4.69, 9.17) is 9.73 Å². The molecule has 3 rings (SSSR count). The first-order valence-electron chi connectivity index (χ1n) is 8.03. The largest absolute Gasteiger partial charge is 0.381 e. The summed E-state index contributed by atoms with van der Waals surface area (Å²) in [5.41, 5.74) is 4.82. The standard InChI is InChI=1S/C20H23NO/c1-3-22-15-20(2)14-13-16-9-7-8-12-18(16)19(20)21-17-10-5-4-6-11-17/h4-12H,3,13-15H2,1-2H3/b21-19-. The molecule has 0 bridgehead atoms. The second-order valence-electron chi connectivity index (χ2n) is 6.15. The molecule has 0 aliphatic heterocycles. The van der Waals surface area contributed by atoms with Crippen molar-refractivity contribution in [3.8, 4) is 0 Å². The van der Waals surface area contributed by atoms with Gasteiger partial charge in [0.1, 0.15) is 0 Å². The zero-order chi connectivity index (χ0) is 15.4. The minimum absolute atomic E-state index is 0.0276. The number of ether oxygens (including phenoxy) is 1. The van der Waals surface area contributed by atoms with E-state index in [-0.39, 0.29) is 5.41 Å². The average Bonchev–Trinajstić information content (AvgIpc) is 2.57. The fourth-order valence-electron chi connectivity index (χ4n) is 3.12. The van der Waals surface area contributed by atoms with E-state index >= 15 is 0 Å². The summed E-state index contributed by atoms with van der Waals surface area (Å²) in [6.07, 6.45) is 2.17. The molecule has 0 saturated carbocycles. The second kappa shape index (κ2) is 6.45. The van der Waals surface area contributed by atoms with Gasteiger partial charge in [0.05, 0.1) is 18.0 Å². The van der Waals surface area contributed by atoms with E-state index in [9.17, 15) is 0 Å². The van der Waals surface area contributed by atoms with Crippen molar-refractivity contribution >= 4 is 11.4 Å². The molecule has 2 aromatic rings. The fourth-order valence-corrected chi connectivity index (χ4v) is 3.12. The van der Waals surface area contributed by atoms with E-state index in [1.165, 1.54) is 11.1 Å². The quantitative estimate of drug-likeness (QED) is 0.793. The topological polar surface area (TPSA) is 21.6 Å². The summed E-state index contributed by atoms with van der Waals surface area (Å²) in [6.45, 7) is 5.80. The molecule has 2 nitrogen and oxygen atoms in total. The number of benzene rings is 2. The Morgan fingerprint density at radius 3 is 2.55 bits per heavy atom. The molecular formula is C20H23NO. The van der Waals surface area contributed by atoms with Crippen LogP contribution < -0.4 is 0 Å². The zero-order valence-electron chi connectivity index (χ0n) is 13.4. The van der Waals surface area contributed by atoms with Crippen LogP contribution in [0.3, 0.4) is 0 Å². The molecule has 1 atom stereocenters. The van der Waals surface area contributed by atoms with Crippen LogP contribution in [0.15, 0.2) is 59.6 Å². The van der Waals surface area contributed by atoms with Crippen molar-refractivity contribution in [2.45, 2.75) is 26.7 Å². The van der Waals surface area contributed by atoms with E-state index < -0.39 is 0 Å². The average molecular weight is 293 g/mol. The third-order valence-electron chi connectivity index (χ3n) is 4.41. The lowest BCUT2D eigenvalue weighted by Gasteiger charge is -2.36. The van der Waals surface area contributed by atoms with Gasteiger partial charge in [0.2, 0.25) is 0 Å². The number of para-hydroxylation sites is 1. The highest BCUT2D eigenvalue weighted by atomic mass is 16.5. The van der Waals surface area contributed by atoms with E-state index in [2.05, 4.69) is 43.3 Å². The summed E-state index contributed by atoms with van der Waals surface area (Å²) >= 11 is 0. The lowest BCUT2D eigenvalue weighted by Crippen LogP contribution is -2.38. The smallest absolute Gasteiger partial charge is 0.0633 e. The third-order valence-corrected chi connectivity index (χ3v) is 4.41. The van der Waals surface area contributed by atoms with Crippen LogP contribution >= 0.6 is 0 Å². The summed E-state index contributed by atoms with van der Waals surface area (Å²) in [5, 5.41) is 0. The lowest BCUT2D eigenvalue weighted by atomic mass is 9.71. The Hall–Kier alpha value is -1.93. The van der Waals surface area contributed by atoms with Gasteiger partial charge in [-0.15, -0.1) is 0 Å². The third kappa shape index (κ3) is 2.97. The molecule has 1 aliphatic rings. The maximum Gasteiger partial charge on any atom is 0.0633 e. The number of hydrogen-bond acceptors (Lipinski definition) is 2. The maximum absolute atomic E-state index is 5.78. The Morgan fingerprint density at radius 1 is 1.05 bits per heavy atom. The summed E-state index contributed by atoms with van der Waals surface area (Å²) in [7, 11) is 0. The van der Waals surface area contributed by atoms with Crippen LogP contribution in [0, 0.1) is 5.41 Å². The van der Waals surface area contributed by atoms with Gasteiger partial charge in [-0.1, -0.05) is 49.4 Å². The predicted octanol–water partition coefficient (Wildman–Crippen LogP) is 4.80. The molecule has 0 N–H and O–H groups in total. The van der Waals surface area contributed by atoms with Crippen molar-refractivity contribution < 1.29 is 4.74 Å². The van der Waals surface area contributed by atoms with Crippen molar-refractivity contribution in [3.63, 3.8) is 0 Å². The summed E-state index contributed by atoms with van der Waals surface area (Å²) < 4.78 is 5.78. The predicted molar refractivity (Wildman–Crippen MR) is 92.0 cm³/mol. The lowest BCUT2D eigenvalue weighted by molar-refractivity contribution is 0.0893. The molecule has 22 heavy (non-hydrogen) atoms. The van der Waals surface area contributed by atoms with Gasteiger partial charge in [-0.2, -0.15) is 0 Å². The van der Waals surface area contributed by atoms with Crippen LogP contribution in [0.5, 0.6) is 0 Å². The molecule has 0 heterocycles. The van der Waals surface area contributed by atoms with Crippen LogP contribution in [-0.4, -0.2) is 18.9 Å². The monoisotopic (exact) mass is 293 g/mol. The summed E-state index contributed by atoms with van der Waals surface area (Å²) in [4.78, 5) is 5.00. The molecule has 0 aromatic heterocycles. The van der Waals surface area contributed by atoms with E-state index in [0.29, 0.717) is 0 Å². The summed E-state index contributed by atoms with van der Waals surface area (Å²) in [5.74, 6) is 0. The Labute approximate surface area is 132 Å². The van der Waals surface area contributed by atoms with Gasteiger partial charge in [0.15, 0.2) is 0 Å². The van der Waals surface area contributed by atoms with Crippen LogP contribution in [0.25, 0.3) is 0 Å². The van der Waals surface area contributed by atoms with Gasteiger partial charge in [-0.3, -0.25) is 4.99 Å². The van der Waals surface area contributed by atoms with Gasteiger partial charge in [-0.05, 0) is 43.0 Å². The van der Waals surface area contributed by atoms with Crippen LogP contribution in [0.1, 0.15) is 31.4 Å². The van der Waals surface area contributed by atoms with Gasteiger partial charge < -0.3 is 4.74 Å². The molecular weight excluding hydrogens is 270 g/mol. The Balaban J connectivity index is 2.08. The highest BCUT2D eigenvalue weighted by Gasteiger charge is 2.36. The van der Waals surface area contributed by atoms with E-state index in [1.54, 1.807) is 0 Å². The highest BCUT2D eigenvalue weighted by Crippen LogP contribution is 2.37. The fraction of sp³-hybridized carbons (Fsp3) is 0.350. The van der Waals surface area contributed by atoms with E-state index in [1.807, 2.05) is 25.1 Å². The minimum Gasteiger partial charge on any atom is -0.381 e. The SMILES string of the molecule is CCOCC1(C)CCc2ccccc2/C1=N/c1ccccc1. The Bertz CT molecular complexity index is 662. The molecule has 0 fully saturated rings. The molecule has 0 radical (unpaired) electrons. The van der Waals surface area contributed by atoms with Crippen molar-refractivity contribution in [2.24, 2.45) is 10.4 Å². The molecule has 1 unspecified atom stereocenters. The van der Waals surface area contributed by atoms with Crippen LogP contribution in [-0.2, 0) is 11.2 Å². The highest BCUT2D eigenvalue weighted by molar-refractivity contribution is 6.08. The number of fused-ring (bicyclic) bond motifs is 1. The molecule has 1 aliphatic carbocycles. The van der Waals surface area contributed by atoms with Crippen molar-refractivity contribution in [1.82, 2.24) is 0 Å². The number of nitrogens with zero attached hydrogens (tertiary/aromatic N) is 1. The van der Waals surface area contributed by atoms with E-state index in [0.717, 1.165) is 37.5 Å². The first kappa shape index (κ1) is 15.0.